The van der Waals surface area contributed by atoms with Crippen LogP contribution in [0.5, 0.6) is 0 Å². The van der Waals surface area contributed by atoms with Crippen molar-refractivity contribution < 1.29 is 0 Å². The van der Waals surface area contributed by atoms with Crippen molar-refractivity contribution in [3.8, 4) is 0 Å². The monoisotopic (exact) mass is 170 g/mol. The van der Waals surface area contributed by atoms with Gasteiger partial charge in [0.25, 0.3) is 0 Å². The van der Waals surface area contributed by atoms with Crippen molar-refractivity contribution in [2.75, 3.05) is 13.1 Å². The van der Waals surface area contributed by atoms with Crippen LogP contribution in [0.3, 0.4) is 0 Å². The van der Waals surface area contributed by atoms with Gasteiger partial charge in [0.2, 0.25) is 0 Å². The van der Waals surface area contributed by atoms with Gasteiger partial charge in [-0.1, -0.05) is 20.3 Å². The van der Waals surface area contributed by atoms with E-state index in [1.807, 2.05) is 0 Å². The molecule has 0 aliphatic carbocycles. The van der Waals surface area contributed by atoms with Crippen LogP contribution in [0.2, 0.25) is 0 Å². The molecule has 0 radical (unpaired) electrons. The maximum Gasteiger partial charge on any atom is 0.0699 e. The van der Waals surface area contributed by atoms with E-state index >= 15 is 0 Å². The fourth-order valence-electron chi connectivity index (χ4n) is 1.76. The van der Waals surface area contributed by atoms with E-state index in [9.17, 15) is 0 Å². The molecular weight excluding hydrogens is 148 g/mol. The highest BCUT2D eigenvalue weighted by Gasteiger charge is 2.36. The highest BCUT2D eigenvalue weighted by molar-refractivity contribution is 4.95. The van der Waals surface area contributed by atoms with Gasteiger partial charge in [-0.2, -0.15) is 0 Å². The molecule has 1 atom stereocenters. The van der Waals surface area contributed by atoms with Gasteiger partial charge in [-0.15, -0.1) is 0 Å². The van der Waals surface area contributed by atoms with Crippen LogP contribution in [0.4, 0.5) is 0 Å². The van der Waals surface area contributed by atoms with Crippen LogP contribution in [-0.2, 0) is 0 Å². The number of hydrogen-bond acceptors (Lipinski definition) is 2. The number of piperidine rings is 1. The van der Waals surface area contributed by atoms with Gasteiger partial charge in [-0.25, -0.2) is 0 Å². The second-order valence-electron chi connectivity index (χ2n) is 3.85. The van der Waals surface area contributed by atoms with Crippen LogP contribution in [0, 0.1) is 0 Å². The standard InChI is InChI=1S/C7H14N2.C3H8/c1-2-5-8-7(3-1)4-6-9-7;1-3-2/h8-9H,1-6H2;3H2,1-2H3. The summed E-state index contributed by atoms with van der Waals surface area (Å²) in [5, 5.41) is 6.97. The Hall–Kier alpha value is -0.0800. The number of rotatable bonds is 0. The van der Waals surface area contributed by atoms with Gasteiger partial charge in [-0.05, 0) is 38.8 Å². The maximum absolute atomic E-state index is 3.52. The molecule has 0 amide bonds. The van der Waals surface area contributed by atoms with E-state index in [0.29, 0.717) is 5.66 Å². The second-order valence-corrected chi connectivity index (χ2v) is 3.85. The molecule has 2 fully saturated rings. The molecular formula is C10H22N2. The van der Waals surface area contributed by atoms with Gasteiger partial charge in [-0.3, -0.25) is 10.6 Å². The first-order valence-corrected chi connectivity index (χ1v) is 5.33. The predicted molar refractivity (Wildman–Crippen MR) is 53.2 cm³/mol. The molecule has 2 aliphatic rings. The quantitative estimate of drug-likeness (QED) is 0.580. The van der Waals surface area contributed by atoms with Gasteiger partial charge in [0.1, 0.15) is 0 Å². The summed E-state index contributed by atoms with van der Waals surface area (Å²) in [6, 6.07) is 0. The third-order valence-corrected chi connectivity index (χ3v) is 2.51. The molecule has 2 rings (SSSR count). The van der Waals surface area contributed by atoms with Crippen molar-refractivity contribution in [2.45, 2.75) is 51.6 Å². The lowest BCUT2D eigenvalue weighted by Gasteiger charge is -2.46. The summed E-state index contributed by atoms with van der Waals surface area (Å²) >= 11 is 0. The molecule has 2 heterocycles. The zero-order chi connectivity index (χ0) is 8.86. The zero-order valence-corrected chi connectivity index (χ0v) is 8.45. The van der Waals surface area contributed by atoms with Crippen LogP contribution in [0.25, 0.3) is 0 Å². The third kappa shape index (κ3) is 2.46. The lowest BCUT2D eigenvalue weighted by atomic mass is 9.89. The molecule has 2 aliphatic heterocycles. The Balaban J connectivity index is 0.000000213. The van der Waals surface area contributed by atoms with Crippen LogP contribution < -0.4 is 10.6 Å². The SMILES string of the molecule is C1CCC2(CCN2)NC1.CCC. The van der Waals surface area contributed by atoms with Crippen molar-refractivity contribution in [3.05, 3.63) is 0 Å². The highest BCUT2D eigenvalue weighted by Crippen LogP contribution is 2.24. The molecule has 1 unspecified atom stereocenters. The average Bonchev–Trinajstić information content (AvgIpc) is 2.05. The summed E-state index contributed by atoms with van der Waals surface area (Å²) in [6.07, 6.45) is 6.70. The molecule has 12 heavy (non-hydrogen) atoms. The van der Waals surface area contributed by atoms with Crippen molar-refractivity contribution >= 4 is 0 Å². The zero-order valence-electron chi connectivity index (χ0n) is 8.45. The molecule has 2 heteroatoms. The minimum absolute atomic E-state index is 0.401. The number of hydrogen-bond donors (Lipinski definition) is 2. The minimum Gasteiger partial charge on any atom is -0.299 e. The Kier molecular flexibility index (Phi) is 4.02. The van der Waals surface area contributed by atoms with Gasteiger partial charge in [0, 0.05) is 0 Å². The van der Waals surface area contributed by atoms with Gasteiger partial charge in [0.05, 0.1) is 5.66 Å². The molecule has 0 saturated carbocycles. The molecule has 0 aromatic heterocycles. The highest BCUT2D eigenvalue weighted by atomic mass is 15.2. The van der Waals surface area contributed by atoms with E-state index in [1.165, 1.54) is 45.2 Å². The van der Waals surface area contributed by atoms with Crippen molar-refractivity contribution in [1.29, 1.82) is 0 Å². The van der Waals surface area contributed by atoms with Crippen LogP contribution in [-0.4, -0.2) is 18.8 Å². The van der Waals surface area contributed by atoms with Crippen LogP contribution in [0.15, 0.2) is 0 Å². The number of nitrogens with one attached hydrogen (secondary N) is 2. The minimum atomic E-state index is 0.401. The molecule has 2 nitrogen and oxygen atoms in total. The first-order valence-electron chi connectivity index (χ1n) is 5.33. The largest absolute Gasteiger partial charge is 0.299 e. The molecule has 2 saturated heterocycles. The van der Waals surface area contributed by atoms with E-state index in [4.69, 9.17) is 0 Å². The average molecular weight is 170 g/mol. The fourth-order valence-corrected chi connectivity index (χ4v) is 1.76. The Morgan fingerprint density at radius 2 is 1.67 bits per heavy atom. The van der Waals surface area contributed by atoms with Gasteiger partial charge >= 0.3 is 0 Å². The Labute approximate surface area is 76.1 Å². The summed E-state index contributed by atoms with van der Waals surface area (Å²) < 4.78 is 0. The second kappa shape index (κ2) is 4.83. The Bertz CT molecular complexity index is 111. The third-order valence-electron chi connectivity index (χ3n) is 2.51. The summed E-state index contributed by atoms with van der Waals surface area (Å²) in [6.45, 7) is 6.68. The lowest BCUT2D eigenvalue weighted by Crippen LogP contribution is -2.67. The maximum atomic E-state index is 3.52. The van der Waals surface area contributed by atoms with E-state index in [0.717, 1.165) is 0 Å². The van der Waals surface area contributed by atoms with Crippen molar-refractivity contribution in [2.24, 2.45) is 0 Å². The lowest BCUT2D eigenvalue weighted by molar-refractivity contribution is 0.117. The molecule has 2 N–H and O–H groups in total. The Morgan fingerprint density at radius 3 is 1.92 bits per heavy atom. The first-order chi connectivity index (χ1) is 5.83. The molecule has 72 valence electrons. The van der Waals surface area contributed by atoms with Crippen LogP contribution in [0.1, 0.15) is 46.0 Å². The summed E-state index contributed by atoms with van der Waals surface area (Å²) in [7, 11) is 0. The van der Waals surface area contributed by atoms with E-state index < -0.39 is 0 Å². The molecule has 0 aromatic carbocycles. The molecule has 0 aromatic rings. The summed E-state index contributed by atoms with van der Waals surface area (Å²) in [5.41, 5.74) is 0.401. The van der Waals surface area contributed by atoms with E-state index in [2.05, 4.69) is 24.5 Å². The Morgan fingerprint density at radius 1 is 1.00 bits per heavy atom. The molecule has 0 bridgehead atoms. The van der Waals surface area contributed by atoms with Crippen molar-refractivity contribution in [3.63, 3.8) is 0 Å². The summed E-state index contributed by atoms with van der Waals surface area (Å²) in [4.78, 5) is 0. The summed E-state index contributed by atoms with van der Waals surface area (Å²) in [5.74, 6) is 0. The first kappa shape index (κ1) is 10.0. The smallest absolute Gasteiger partial charge is 0.0699 e. The van der Waals surface area contributed by atoms with Gasteiger partial charge in [0.15, 0.2) is 0 Å². The normalized spacial score (nSPS) is 33.5. The predicted octanol–water partition coefficient (Wildman–Crippen LogP) is 1.87. The molecule has 1 spiro atoms. The van der Waals surface area contributed by atoms with Crippen molar-refractivity contribution in [1.82, 2.24) is 10.6 Å². The topological polar surface area (TPSA) is 24.1 Å². The van der Waals surface area contributed by atoms with Gasteiger partial charge < -0.3 is 0 Å². The van der Waals surface area contributed by atoms with Crippen LogP contribution >= 0.6 is 0 Å². The van der Waals surface area contributed by atoms with E-state index in [-0.39, 0.29) is 0 Å². The van der Waals surface area contributed by atoms with E-state index in [1.54, 1.807) is 0 Å². The fraction of sp³-hybridized carbons (Fsp3) is 1.00.